The predicted octanol–water partition coefficient (Wildman–Crippen LogP) is 2.51. The van der Waals surface area contributed by atoms with Crippen LogP contribution in [0.3, 0.4) is 0 Å². The minimum absolute atomic E-state index is 0. The molecule has 0 saturated heterocycles. The van der Waals surface area contributed by atoms with E-state index >= 15 is 0 Å². The maximum atomic E-state index is 5.88. The Morgan fingerprint density at radius 2 is 2.06 bits per heavy atom. The van der Waals surface area contributed by atoms with Gasteiger partial charge in [-0.1, -0.05) is 19.8 Å². The Morgan fingerprint density at radius 3 is 2.56 bits per heavy atom. The summed E-state index contributed by atoms with van der Waals surface area (Å²) in [5.74, 6) is 0.550. The van der Waals surface area contributed by atoms with Crippen molar-refractivity contribution in [2.75, 3.05) is 20.3 Å². The lowest BCUT2D eigenvalue weighted by atomic mass is 9.84. The zero-order valence-corrected chi connectivity index (χ0v) is 14.2. The molecule has 0 aromatic rings. The van der Waals surface area contributed by atoms with Gasteiger partial charge in [-0.25, -0.2) is 0 Å². The number of aliphatic imine (C=N–C) groups is 1. The van der Waals surface area contributed by atoms with Crippen LogP contribution >= 0.6 is 24.0 Å². The number of ether oxygens (including phenoxy) is 1. The number of rotatable bonds is 6. The maximum Gasteiger partial charge on any atom is 0.188 e. The zero-order valence-electron chi connectivity index (χ0n) is 11.9. The molecule has 1 saturated carbocycles. The summed E-state index contributed by atoms with van der Waals surface area (Å²) in [6, 6.07) is 0.213. The van der Waals surface area contributed by atoms with Crippen LogP contribution < -0.4 is 11.1 Å². The number of hydrogen-bond donors (Lipinski definition) is 2. The largest absolute Gasteiger partial charge is 0.383 e. The normalized spacial score (nSPS) is 20.3. The van der Waals surface area contributed by atoms with Gasteiger partial charge in [0.1, 0.15) is 0 Å². The monoisotopic (exact) mass is 369 g/mol. The molecule has 18 heavy (non-hydrogen) atoms. The minimum atomic E-state index is 0. The van der Waals surface area contributed by atoms with Crippen molar-refractivity contribution >= 4 is 29.9 Å². The first kappa shape index (κ1) is 18.0. The molecule has 1 aliphatic rings. The zero-order chi connectivity index (χ0) is 12.7. The first-order valence-corrected chi connectivity index (χ1v) is 6.67. The van der Waals surface area contributed by atoms with Crippen LogP contribution in [0.25, 0.3) is 0 Å². The average molecular weight is 369 g/mol. The number of nitrogens with two attached hydrogens (primary N) is 1. The highest BCUT2D eigenvalue weighted by molar-refractivity contribution is 14.0. The molecule has 0 heterocycles. The summed E-state index contributed by atoms with van der Waals surface area (Å²) in [5.41, 5.74) is 6.29. The van der Waals surface area contributed by atoms with Crippen LogP contribution in [-0.4, -0.2) is 32.3 Å². The molecule has 1 atom stereocenters. The molecule has 0 amide bonds. The van der Waals surface area contributed by atoms with Crippen molar-refractivity contribution in [3.05, 3.63) is 0 Å². The lowest BCUT2D eigenvalue weighted by Crippen LogP contribution is -2.41. The molecule has 1 fully saturated rings. The highest BCUT2D eigenvalue weighted by Crippen LogP contribution is 2.40. The van der Waals surface area contributed by atoms with Gasteiger partial charge in [-0.05, 0) is 31.6 Å². The van der Waals surface area contributed by atoms with E-state index in [4.69, 9.17) is 10.5 Å². The van der Waals surface area contributed by atoms with Crippen molar-refractivity contribution < 1.29 is 4.74 Å². The summed E-state index contributed by atoms with van der Waals surface area (Å²) < 4.78 is 5.05. The molecule has 0 aliphatic heterocycles. The first-order chi connectivity index (χ1) is 8.12. The standard InChI is InChI=1S/C13H27N3O.HI/c1-4-13(7-5-6-8-13)10-15-12(14)16-11(2)9-17-3;/h11H,4-10H2,1-3H3,(H3,14,15,16);1H. The average Bonchev–Trinajstić information content (AvgIpc) is 2.76. The van der Waals surface area contributed by atoms with E-state index in [-0.39, 0.29) is 30.0 Å². The lowest BCUT2D eigenvalue weighted by Gasteiger charge is -2.25. The molecule has 1 aliphatic carbocycles. The van der Waals surface area contributed by atoms with Gasteiger partial charge in [-0.3, -0.25) is 4.99 Å². The second kappa shape index (κ2) is 8.96. The molecule has 1 unspecified atom stereocenters. The Morgan fingerprint density at radius 1 is 1.44 bits per heavy atom. The first-order valence-electron chi connectivity index (χ1n) is 6.67. The number of nitrogens with one attached hydrogen (secondary N) is 1. The second-order valence-corrected chi connectivity index (χ2v) is 5.26. The van der Waals surface area contributed by atoms with Gasteiger partial charge in [0.2, 0.25) is 0 Å². The summed E-state index contributed by atoms with van der Waals surface area (Å²) in [6.07, 6.45) is 6.49. The van der Waals surface area contributed by atoms with Gasteiger partial charge in [0.15, 0.2) is 5.96 Å². The summed E-state index contributed by atoms with van der Waals surface area (Å²) in [4.78, 5) is 4.50. The van der Waals surface area contributed by atoms with Crippen LogP contribution in [-0.2, 0) is 4.74 Å². The summed E-state index contributed by atoms with van der Waals surface area (Å²) >= 11 is 0. The third-order valence-electron chi connectivity index (χ3n) is 3.81. The summed E-state index contributed by atoms with van der Waals surface area (Å²) in [5, 5.41) is 3.15. The van der Waals surface area contributed by atoms with Gasteiger partial charge < -0.3 is 15.8 Å². The molecule has 3 N–H and O–H groups in total. The Kier molecular flexibility index (Phi) is 8.94. The molecule has 1 rings (SSSR count). The van der Waals surface area contributed by atoms with E-state index in [0.29, 0.717) is 18.0 Å². The molecule has 4 nitrogen and oxygen atoms in total. The van der Waals surface area contributed by atoms with Crippen LogP contribution in [0.2, 0.25) is 0 Å². The fraction of sp³-hybridized carbons (Fsp3) is 0.923. The van der Waals surface area contributed by atoms with Crippen molar-refractivity contribution in [1.29, 1.82) is 0 Å². The lowest BCUT2D eigenvalue weighted by molar-refractivity contribution is 0.179. The number of methoxy groups -OCH3 is 1. The SMILES string of the molecule is CCC1(CN=C(N)NC(C)COC)CCCC1.I. The maximum absolute atomic E-state index is 5.88. The second-order valence-electron chi connectivity index (χ2n) is 5.26. The fourth-order valence-corrected chi connectivity index (χ4v) is 2.59. The van der Waals surface area contributed by atoms with E-state index < -0.39 is 0 Å². The highest BCUT2D eigenvalue weighted by Gasteiger charge is 2.31. The van der Waals surface area contributed by atoms with Gasteiger partial charge in [0, 0.05) is 19.7 Å². The fourth-order valence-electron chi connectivity index (χ4n) is 2.59. The van der Waals surface area contributed by atoms with Gasteiger partial charge in [-0.2, -0.15) is 0 Å². The summed E-state index contributed by atoms with van der Waals surface area (Å²) in [6.45, 7) is 5.81. The molecule has 0 radical (unpaired) electrons. The van der Waals surface area contributed by atoms with Crippen molar-refractivity contribution in [1.82, 2.24) is 5.32 Å². The number of halogens is 1. The number of hydrogen-bond acceptors (Lipinski definition) is 2. The quantitative estimate of drug-likeness (QED) is 0.430. The molecular weight excluding hydrogens is 341 g/mol. The van der Waals surface area contributed by atoms with E-state index in [1.54, 1.807) is 7.11 Å². The number of nitrogens with zero attached hydrogens (tertiary/aromatic N) is 1. The van der Waals surface area contributed by atoms with Gasteiger partial charge in [-0.15, -0.1) is 24.0 Å². The van der Waals surface area contributed by atoms with E-state index in [1.807, 2.05) is 6.92 Å². The van der Waals surface area contributed by atoms with Crippen molar-refractivity contribution in [2.24, 2.45) is 16.1 Å². The molecule has 0 bridgehead atoms. The van der Waals surface area contributed by atoms with Crippen molar-refractivity contribution in [3.8, 4) is 0 Å². The van der Waals surface area contributed by atoms with Crippen LogP contribution in [0.4, 0.5) is 0 Å². The molecule has 0 spiro atoms. The topological polar surface area (TPSA) is 59.6 Å². The number of guanidine groups is 1. The van der Waals surface area contributed by atoms with Crippen molar-refractivity contribution in [3.63, 3.8) is 0 Å². The molecule has 5 heteroatoms. The Hall–Kier alpha value is -0.0400. The third kappa shape index (κ3) is 5.73. The third-order valence-corrected chi connectivity index (χ3v) is 3.81. The Balaban J connectivity index is 0.00000289. The summed E-state index contributed by atoms with van der Waals surface area (Å²) in [7, 11) is 1.69. The van der Waals surface area contributed by atoms with Crippen LogP contribution in [0.1, 0.15) is 46.0 Å². The van der Waals surface area contributed by atoms with E-state index in [2.05, 4.69) is 17.2 Å². The molecule has 108 valence electrons. The smallest absolute Gasteiger partial charge is 0.188 e. The van der Waals surface area contributed by atoms with Crippen LogP contribution in [0.15, 0.2) is 4.99 Å². The molecule has 0 aromatic heterocycles. The van der Waals surface area contributed by atoms with E-state index in [9.17, 15) is 0 Å². The van der Waals surface area contributed by atoms with Crippen molar-refractivity contribution in [2.45, 2.75) is 52.0 Å². The van der Waals surface area contributed by atoms with E-state index in [0.717, 1.165) is 6.54 Å². The van der Waals surface area contributed by atoms with Gasteiger partial charge in [0.25, 0.3) is 0 Å². The van der Waals surface area contributed by atoms with Gasteiger partial charge in [0.05, 0.1) is 6.61 Å². The Labute approximate surface area is 128 Å². The molecule has 0 aromatic carbocycles. The predicted molar refractivity (Wildman–Crippen MR) is 87.6 cm³/mol. The van der Waals surface area contributed by atoms with Gasteiger partial charge >= 0.3 is 0 Å². The van der Waals surface area contributed by atoms with Crippen LogP contribution in [0, 0.1) is 5.41 Å². The molecular formula is C13H28IN3O. The van der Waals surface area contributed by atoms with E-state index in [1.165, 1.54) is 32.1 Å². The Bertz CT molecular complexity index is 253. The minimum Gasteiger partial charge on any atom is -0.383 e. The van der Waals surface area contributed by atoms with Crippen LogP contribution in [0.5, 0.6) is 0 Å². The highest BCUT2D eigenvalue weighted by atomic mass is 127.